The number of furan rings is 1. The van der Waals surface area contributed by atoms with Crippen molar-refractivity contribution in [1.29, 1.82) is 0 Å². The Kier molecular flexibility index (Phi) is 2.72. The summed E-state index contributed by atoms with van der Waals surface area (Å²) in [6.45, 7) is 2.02. The largest absolute Gasteiger partial charge is 0.463 e. The molecule has 0 atom stereocenters. The van der Waals surface area contributed by atoms with Gasteiger partial charge in [-0.2, -0.15) is 0 Å². The summed E-state index contributed by atoms with van der Waals surface area (Å²) in [7, 11) is 0. The number of aryl methyl sites for hydroxylation is 1. The summed E-state index contributed by atoms with van der Waals surface area (Å²) in [4.78, 5) is 16.5. The Morgan fingerprint density at radius 1 is 1.18 bits per heavy atom. The number of hydrogen-bond acceptors (Lipinski definition) is 3. The van der Waals surface area contributed by atoms with Crippen LogP contribution in [0.4, 0.5) is 5.69 Å². The maximum Gasteiger partial charge on any atom is 0.271 e. The van der Waals surface area contributed by atoms with Crippen LogP contribution in [0.3, 0.4) is 0 Å². The Bertz CT molecular complexity index is 956. The molecule has 1 aliphatic rings. The standard InChI is InChI=1S/C17H13N3O2/c1-10-4-2-5-12-11(9-18-15(10)12)8-13-16(19-20-17(13)21)14-6-3-7-22-14/h2-9H,1H3,(H2,19,20,21)/b11-8+. The predicted molar refractivity (Wildman–Crippen MR) is 86.3 cm³/mol. The highest BCUT2D eigenvalue weighted by Gasteiger charge is 2.17. The molecule has 22 heavy (non-hydrogen) atoms. The van der Waals surface area contributed by atoms with E-state index in [4.69, 9.17) is 4.42 Å². The monoisotopic (exact) mass is 291 g/mol. The molecular weight excluding hydrogens is 278 g/mol. The van der Waals surface area contributed by atoms with Gasteiger partial charge in [0.1, 0.15) is 5.69 Å². The second-order valence-corrected chi connectivity index (χ2v) is 5.17. The fourth-order valence-electron chi connectivity index (χ4n) is 2.66. The van der Waals surface area contributed by atoms with Crippen LogP contribution < -0.4 is 5.56 Å². The van der Waals surface area contributed by atoms with Gasteiger partial charge >= 0.3 is 0 Å². The number of aromatic amines is 2. The van der Waals surface area contributed by atoms with Crippen molar-refractivity contribution < 1.29 is 4.42 Å². The van der Waals surface area contributed by atoms with Crippen LogP contribution in [0.25, 0.3) is 23.1 Å². The van der Waals surface area contributed by atoms with Crippen molar-refractivity contribution in [2.75, 3.05) is 0 Å². The van der Waals surface area contributed by atoms with Gasteiger partial charge < -0.3 is 4.42 Å². The summed E-state index contributed by atoms with van der Waals surface area (Å²) in [5, 5.41) is 5.47. The molecule has 0 spiro atoms. The molecule has 1 aliphatic heterocycles. The van der Waals surface area contributed by atoms with Crippen LogP contribution in [0.15, 0.2) is 50.8 Å². The first-order chi connectivity index (χ1) is 10.7. The fourth-order valence-corrected chi connectivity index (χ4v) is 2.66. The molecule has 5 nitrogen and oxygen atoms in total. The van der Waals surface area contributed by atoms with E-state index in [-0.39, 0.29) is 5.56 Å². The average Bonchev–Trinajstić information content (AvgIpc) is 3.22. The molecular formula is C17H13N3O2. The van der Waals surface area contributed by atoms with Crippen molar-refractivity contribution >= 4 is 23.6 Å². The number of rotatable bonds is 2. The van der Waals surface area contributed by atoms with Gasteiger partial charge in [0.25, 0.3) is 5.56 Å². The van der Waals surface area contributed by atoms with E-state index >= 15 is 0 Å². The first-order valence-corrected chi connectivity index (χ1v) is 6.94. The topological polar surface area (TPSA) is 74.2 Å². The van der Waals surface area contributed by atoms with Crippen LogP contribution in [-0.2, 0) is 0 Å². The van der Waals surface area contributed by atoms with E-state index in [2.05, 4.69) is 15.2 Å². The number of aliphatic imine (C=N–C) groups is 1. The Hall–Kier alpha value is -3.08. The Morgan fingerprint density at radius 3 is 2.91 bits per heavy atom. The van der Waals surface area contributed by atoms with E-state index in [1.54, 1.807) is 18.5 Å². The minimum absolute atomic E-state index is 0.187. The van der Waals surface area contributed by atoms with Crippen LogP contribution >= 0.6 is 0 Å². The number of hydrogen-bond donors (Lipinski definition) is 2. The molecule has 4 rings (SSSR count). The van der Waals surface area contributed by atoms with E-state index < -0.39 is 0 Å². The first-order valence-electron chi connectivity index (χ1n) is 6.94. The van der Waals surface area contributed by atoms with Gasteiger partial charge in [-0.3, -0.25) is 20.0 Å². The number of para-hydroxylation sites is 1. The van der Waals surface area contributed by atoms with Crippen molar-refractivity contribution in [3.05, 3.63) is 63.6 Å². The van der Waals surface area contributed by atoms with Crippen molar-refractivity contribution in [3.63, 3.8) is 0 Å². The summed E-state index contributed by atoms with van der Waals surface area (Å²) in [5.41, 5.74) is 5.01. The molecule has 108 valence electrons. The third-order valence-corrected chi connectivity index (χ3v) is 3.76. The fraction of sp³-hybridized carbons (Fsp3) is 0.0588. The molecule has 2 aromatic heterocycles. The third kappa shape index (κ3) is 1.87. The second kappa shape index (κ2) is 4.73. The van der Waals surface area contributed by atoms with Crippen molar-refractivity contribution in [2.24, 2.45) is 4.99 Å². The molecule has 0 aliphatic carbocycles. The minimum Gasteiger partial charge on any atom is -0.463 e. The van der Waals surface area contributed by atoms with Gasteiger partial charge in [0.05, 0.1) is 17.5 Å². The lowest BCUT2D eigenvalue weighted by atomic mass is 10.0. The molecule has 1 aromatic carbocycles. The number of H-pyrrole nitrogens is 2. The Balaban J connectivity index is 1.87. The Labute approximate surface area is 126 Å². The number of nitrogens with zero attached hydrogens (tertiary/aromatic N) is 1. The van der Waals surface area contributed by atoms with Gasteiger partial charge in [-0.1, -0.05) is 18.2 Å². The summed E-state index contributed by atoms with van der Waals surface area (Å²) in [5.74, 6) is 0.615. The van der Waals surface area contributed by atoms with Gasteiger partial charge in [-0.05, 0) is 30.7 Å². The van der Waals surface area contributed by atoms with Crippen LogP contribution in [0, 0.1) is 6.92 Å². The van der Waals surface area contributed by atoms with Crippen molar-refractivity contribution in [2.45, 2.75) is 6.92 Å². The zero-order chi connectivity index (χ0) is 15.1. The lowest BCUT2D eigenvalue weighted by Gasteiger charge is -2.02. The summed E-state index contributed by atoms with van der Waals surface area (Å²) in [6, 6.07) is 9.62. The van der Waals surface area contributed by atoms with Crippen LogP contribution in [0.1, 0.15) is 16.7 Å². The highest BCUT2D eigenvalue weighted by Crippen LogP contribution is 2.35. The number of nitrogens with one attached hydrogen (secondary N) is 2. The number of allylic oxidation sites excluding steroid dienone is 1. The second-order valence-electron chi connectivity index (χ2n) is 5.17. The molecule has 0 fully saturated rings. The summed E-state index contributed by atoms with van der Waals surface area (Å²) >= 11 is 0. The molecule has 3 heterocycles. The SMILES string of the molecule is Cc1cccc2c1N=C/C2=C\c1c(-c2ccco2)[nH][nH]c1=O. The Morgan fingerprint density at radius 2 is 2.09 bits per heavy atom. The van der Waals surface area contributed by atoms with Gasteiger partial charge in [0, 0.05) is 17.4 Å². The minimum atomic E-state index is -0.187. The molecule has 3 aromatic rings. The van der Waals surface area contributed by atoms with Gasteiger partial charge in [-0.15, -0.1) is 0 Å². The molecule has 2 N–H and O–H groups in total. The van der Waals surface area contributed by atoms with Gasteiger partial charge in [-0.25, -0.2) is 0 Å². The van der Waals surface area contributed by atoms with Crippen molar-refractivity contribution in [1.82, 2.24) is 10.2 Å². The average molecular weight is 291 g/mol. The molecule has 0 radical (unpaired) electrons. The molecule has 0 saturated heterocycles. The van der Waals surface area contributed by atoms with E-state index in [0.29, 0.717) is 17.0 Å². The van der Waals surface area contributed by atoms with E-state index in [1.807, 2.05) is 37.3 Å². The summed E-state index contributed by atoms with van der Waals surface area (Å²) in [6.07, 6.45) is 5.20. The quantitative estimate of drug-likeness (QED) is 0.758. The molecule has 5 heteroatoms. The molecule has 0 amide bonds. The number of benzene rings is 1. The zero-order valence-electron chi connectivity index (χ0n) is 11.9. The van der Waals surface area contributed by atoms with Gasteiger partial charge in [0.15, 0.2) is 5.76 Å². The first kappa shape index (κ1) is 12.6. The number of aromatic nitrogens is 2. The maximum absolute atomic E-state index is 12.1. The normalized spacial score (nSPS) is 14.7. The number of fused-ring (bicyclic) bond motifs is 1. The zero-order valence-corrected chi connectivity index (χ0v) is 11.9. The molecule has 0 bridgehead atoms. The third-order valence-electron chi connectivity index (χ3n) is 3.76. The van der Waals surface area contributed by atoms with Crippen LogP contribution in [0.5, 0.6) is 0 Å². The van der Waals surface area contributed by atoms with E-state index in [9.17, 15) is 4.79 Å². The van der Waals surface area contributed by atoms with Crippen LogP contribution in [0.2, 0.25) is 0 Å². The lowest BCUT2D eigenvalue weighted by molar-refractivity contribution is 0.579. The van der Waals surface area contributed by atoms with Gasteiger partial charge in [0.2, 0.25) is 0 Å². The van der Waals surface area contributed by atoms with Crippen molar-refractivity contribution in [3.8, 4) is 11.5 Å². The lowest BCUT2D eigenvalue weighted by Crippen LogP contribution is -2.02. The smallest absolute Gasteiger partial charge is 0.271 e. The highest BCUT2D eigenvalue weighted by atomic mass is 16.3. The molecule has 0 saturated carbocycles. The summed E-state index contributed by atoms with van der Waals surface area (Å²) < 4.78 is 5.37. The van der Waals surface area contributed by atoms with E-state index in [1.165, 1.54) is 0 Å². The molecule has 0 unspecified atom stereocenters. The van der Waals surface area contributed by atoms with E-state index in [0.717, 1.165) is 22.4 Å². The maximum atomic E-state index is 12.1. The predicted octanol–water partition coefficient (Wildman–Crippen LogP) is 3.53. The van der Waals surface area contributed by atoms with Crippen LogP contribution in [-0.4, -0.2) is 16.4 Å². The highest BCUT2D eigenvalue weighted by molar-refractivity contribution is 6.21.